The van der Waals surface area contributed by atoms with E-state index in [9.17, 15) is 9.59 Å². The Morgan fingerprint density at radius 2 is 2.00 bits per heavy atom. The third kappa shape index (κ3) is 2.26. The van der Waals surface area contributed by atoms with Crippen LogP contribution < -0.4 is 11.2 Å². The van der Waals surface area contributed by atoms with E-state index in [1.165, 1.54) is 12.8 Å². The second kappa shape index (κ2) is 3.61. The molecule has 0 unspecified atom stereocenters. The summed E-state index contributed by atoms with van der Waals surface area (Å²) in [5, 5.41) is 0. The van der Waals surface area contributed by atoms with Crippen LogP contribution in [0.1, 0.15) is 39.3 Å². The van der Waals surface area contributed by atoms with Crippen LogP contribution in [-0.2, 0) is 12.0 Å². The lowest BCUT2D eigenvalue weighted by atomic mass is 9.91. The highest BCUT2D eigenvalue weighted by Crippen LogP contribution is 2.31. The Labute approximate surface area is 94.3 Å². The molecule has 0 saturated heterocycles. The molecule has 1 N–H and O–H groups in total. The average Bonchev–Trinajstić information content (AvgIpc) is 2.91. The first-order valence-corrected chi connectivity index (χ1v) is 5.72. The summed E-state index contributed by atoms with van der Waals surface area (Å²) >= 11 is 0. The highest BCUT2D eigenvalue weighted by molar-refractivity contribution is 5.12. The minimum absolute atomic E-state index is 0.178. The predicted octanol–water partition coefficient (Wildman–Crippen LogP) is 1.24. The first-order chi connectivity index (χ1) is 7.38. The molecule has 1 fully saturated rings. The molecule has 4 nitrogen and oxygen atoms in total. The maximum absolute atomic E-state index is 11.8. The van der Waals surface area contributed by atoms with E-state index in [0.717, 1.165) is 12.2 Å². The molecule has 16 heavy (non-hydrogen) atoms. The molecule has 0 atom stereocenters. The number of nitrogens with zero attached hydrogens (tertiary/aromatic N) is 1. The van der Waals surface area contributed by atoms with E-state index in [2.05, 4.69) is 4.98 Å². The third-order valence-corrected chi connectivity index (χ3v) is 2.94. The fourth-order valence-corrected chi connectivity index (χ4v) is 1.88. The highest BCUT2D eigenvalue weighted by Gasteiger charge is 2.26. The quantitative estimate of drug-likeness (QED) is 0.818. The van der Waals surface area contributed by atoms with E-state index in [4.69, 9.17) is 0 Å². The van der Waals surface area contributed by atoms with Crippen LogP contribution in [-0.4, -0.2) is 9.55 Å². The van der Waals surface area contributed by atoms with Gasteiger partial charge in [-0.2, -0.15) is 0 Å². The monoisotopic (exact) mass is 222 g/mol. The zero-order chi connectivity index (χ0) is 11.9. The number of aromatic nitrogens is 2. The Balaban J connectivity index is 2.54. The first kappa shape index (κ1) is 11.2. The van der Waals surface area contributed by atoms with Crippen LogP contribution in [0.2, 0.25) is 0 Å². The Hall–Kier alpha value is -1.32. The second-order valence-corrected chi connectivity index (χ2v) is 5.63. The van der Waals surface area contributed by atoms with Gasteiger partial charge in [0, 0.05) is 23.7 Å². The summed E-state index contributed by atoms with van der Waals surface area (Å²) in [6.45, 7) is 6.79. The maximum Gasteiger partial charge on any atom is 0.328 e. The van der Waals surface area contributed by atoms with E-state index >= 15 is 0 Å². The summed E-state index contributed by atoms with van der Waals surface area (Å²) in [6.07, 6.45) is 2.38. The number of rotatable bonds is 2. The summed E-state index contributed by atoms with van der Waals surface area (Å²) in [6, 6.07) is 1.55. The lowest BCUT2D eigenvalue weighted by Gasteiger charge is -2.23. The molecule has 1 saturated carbocycles. The molecule has 1 aromatic heterocycles. The third-order valence-electron chi connectivity index (χ3n) is 2.94. The van der Waals surface area contributed by atoms with E-state index in [-0.39, 0.29) is 16.7 Å². The van der Waals surface area contributed by atoms with Crippen molar-refractivity contribution in [3.63, 3.8) is 0 Å². The topological polar surface area (TPSA) is 54.9 Å². The van der Waals surface area contributed by atoms with E-state index in [1.54, 1.807) is 10.6 Å². The number of H-pyrrole nitrogens is 1. The summed E-state index contributed by atoms with van der Waals surface area (Å²) < 4.78 is 1.72. The molecular formula is C12H18N2O2. The van der Waals surface area contributed by atoms with Crippen LogP contribution >= 0.6 is 0 Å². The summed E-state index contributed by atoms with van der Waals surface area (Å²) in [5.74, 6) is 0.615. The van der Waals surface area contributed by atoms with Gasteiger partial charge in [-0.3, -0.25) is 14.3 Å². The largest absolute Gasteiger partial charge is 0.328 e. The number of nitrogens with one attached hydrogen (secondary N) is 1. The molecule has 0 amide bonds. The van der Waals surface area contributed by atoms with Crippen molar-refractivity contribution >= 4 is 0 Å². The normalized spacial score (nSPS) is 16.4. The zero-order valence-corrected chi connectivity index (χ0v) is 10.0. The Morgan fingerprint density at radius 1 is 1.38 bits per heavy atom. The molecule has 0 bridgehead atoms. The number of hydrogen-bond acceptors (Lipinski definition) is 2. The van der Waals surface area contributed by atoms with E-state index in [0.29, 0.717) is 5.92 Å². The minimum atomic E-state index is -0.304. The van der Waals surface area contributed by atoms with Crippen LogP contribution in [0.3, 0.4) is 0 Å². The van der Waals surface area contributed by atoms with Gasteiger partial charge in [-0.05, 0) is 18.8 Å². The molecule has 2 rings (SSSR count). The standard InChI is InChI=1S/C12H18N2O2/c1-12(2,3)9-6-10(15)13-11(16)14(9)7-8-4-5-8/h6,8H,4-5,7H2,1-3H3,(H,13,15,16). The van der Waals surface area contributed by atoms with E-state index < -0.39 is 0 Å². The molecule has 0 spiro atoms. The molecule has 1 aliphatic carbocycles. The summed E-state index contributed by atoms with van der Waals surface area (Å²) in [4.78, 5) is 25.5. The minimum Gasteiger partial charge on any atom is -0.297 e. The van der Waals surface area contributed by atoms with Gasteiger partial charge < -0.3 is 0 Å². The summed E-state index contributed by atoms with van der Waals surface area (Å²) in [7, 11) is 0. The van der Waals surface area contributed by atoms with Crippen LogP contribution in [0, 0.1) is 5.92 Å². The van der Waals surface area contributed by atoms with Crippen molar-refractivity contribution in [3.05, 3.63) is 32.6 Å². The summed E-state index contributed by atoms with van der Waals surface area (Å²) in [5.41, 5.74) is 0.0712. The lowest BCUT2D eigenvalue weighted by molar-refractivity contribution is 0.474. The fourth-order valence-electron chi connectivity index (χ4n) is 1.88. The predicted molar refractivity (Wildman–Crippen MR) is 62.7 cm³/mol. The molecule has 0 aromatic carbocycles. The number of hydrogen-bond donors (Lipinski definition) is 1. The van der Waals surface area contributed by atoms with Gasteiger partial charge in [0.1, 0.15) is 0 Å². The van der Waals surface area contributed by atoms with Crippen molar-refractivity contribution in [3.8, 4) is 0 Å². The molecule has 0 radical (unpaired) electrons. The van der Waals surface area contributed by atoms with Gasteiger partial charge in [0.25, 0.3) is 5.56 Å². The van der Waals surface area contributed by atoms with Crippen molar-refractivity contribution in [1.29, 1.82) is 0 Å². The van der Waals surface area contributed by atoms with Gasteiger partial charge in [0.05, 0.1) is 0 Å². The molecule has 1 aliphatic rings. The van der Waals surface area contributed by atoms with Gasteiger partial charge >= 0.3 is 5.69 Å². The van der Waals surface area contributed by atoms with Gasteiger partial charge in [0.2, 0.25) is 0 Å². The second-order valence-electron chi connectivity index (χ2n) is 5.63. The zero-order valence-electron chi connectivity index (χ0n) is 10.0. The van der Waals surface area contributed by atoms with Crippen LogP contribution in [0.4, 0.5) is 0 Å². The van der Waals surface area contributed by atoms with Crippen molar-refractivity contribution < 1.29 is 0 Å². The lowest BCUT2D eigenvalue weighted by Crippen LogP contribution is -2.36. The van der Waals surface area contributed by atoms with Crippen molar-refractivity contribution in [1.82, 2.24) is 9.55 Å². The fraction of sp³-hybridized carbons (Fsp3) is 0.667. The van der Waals surface area contributed by atoms with Crippen molar-refractivity contribution in [2.24, 2.45) is 5.92 Å². The van der Waals surface area contributed by atoms with Gasteiger partial charge in [-0.15, -0.1) is 0 Å². The van der Waals surface area contributed by atoms with Gasteiger partial charge in [0.15, 0.2) is 0 Å². The Morgan fingerprint density at radius 3 is 2.50 bits per heavy atom. The van der Waals surface area contributed by atoms with E-state index in [1.807, 2.05) is 20.8 Å². The highest BCUT2D eigenvalue weighted by atomic mass is 16.2. The Bertz CT molecular complexity index is 501. The number of aromatic amines is 1. The van der Waals surface area contributed by atoms with Crippen LogP contribution in [0.25, 0.3) is 0 Å². The molecule has 0 aliphatic heterocycles. The van der Waals surface area contributed by atoms with Crippen molar-refractivity contribution in [2.75, 3.05) is 0 Å². The SMILES string of the molecule is CC(C)(C)c1cc(=O)[nH]c(=O)n1CC1CC1. The molecular weight excluding hydrogens is 204 g/mol. The molecule has 4 heteroatoms. The molecule has 1 aromatic rings. The Kier molecular flexibility index (Phi) is 2.52. The molecule has 88 valence electrons. The van der Waals surface area contributed by atoms with Crippen LogP contribution in [0.15, 0.2) is 15.7 Å². The first-order valence-electron chi connectivity index (χ1n) is 5.72. The van der Waals surface area contributed by atoms with Gasteiger partial charge in [-0.1, -0.05) is 20.8 Å². The molecule has 1 heterocycles. The smallest absolute Gasteiger partial charge is 0.297 e. The van der Waals surface area contributed by atoms with Crippen LogP contribution in [0.5, 0.6) is 0 Å². The maximum atomic E-state index is 11.8. The van der Waals surface area contributed by atoms with Gasteiger partial charge in [-0.25, -0.2) is 4.79 Å². The van der Waals surface area contributed by atoms with Crippen molar-refractivity contribution in [2.45, 2.75) is 45.6 Å². The average molecular weight is 222 g/mol.